The quantitative estimate of drug-likeness (QED) is 0.690. The molecule has 0 radical (unpaired) electrons. The molecule has 1 amide bonds. The number of benzene rings is 1. The van der Waals surface area contributed by atoms with E-state index in [-0.39, 0.29) is 5.91 Å². The number of carbonyl (C=O) groups excluding carboxylic acids is 1. The summed E-state index contributed by atoms with van der Waals surface area (Å²) in [5, 5.41) is 0. The number of likely N-dealkylation sites (N-methyl/N-ethyl adjacent to an activating group) is 1. The molecule has 1 heterocycles. The first-order valence-corrected chi connectivity index (χ1v) is 5.62. The number of amides is 1. The molecule has 0 bridgehead atoms. The zero-order chi connectivity index (χ0) is 11.4. The van der Waals surface area contributed by atoms with E-state index in [4.69, 9.17) is 0 Å². The lowest BCUT2D eigenvalue weighted by molar-refractivity contribution is -0.117. The van der Waals surface area contributed by atoms with Gasteiger partial charge in [-0.1, -0.05) is 31.5 Å². The lowest BCUT2D eigenvalue weighted by atomic mass is 10.1. The summed E-state index contributed by atoms with van der Waals surface area (Å²) in [7, 11) is 0. The fourth-order valence-electron chi connectivity index (χ4n) is 1.86. The van der Waals surface area contributed by atoms with E-state index in [0.717, 1.165) is 12.2 Å². The average Bonchev–Trinajstić information content (AvgIpc) is 2.55. The lowest BCUT2D eigenvalue weighted by Crippen LogP contribution is -2.25. The van der Waals surface area contributed by atoms with Gasteiger partial charge in [0.05, 0.1) is 6.42 Å². The Morgan fingerprint density at radius 1 is 1.33 bits per heavy atom. The Balaban J connectivity index is 0.000000531. The normalized spacial score (nSPS) is 13.3. The van der Waals surface area contributed by atoms with Crippen LogP contribution in [-0.2, 0) is 11.2 Å². The van der Waals surface area contributed by atoms with Gasteiger partial charge >= 0.3 is 0 Å². The van der Waals surface area contributed by atoms with Gasteiger partial charge in [0.2, 0.25) is 5.91 Å². The minimum atomic E-state index is 0.225. The van der Waals surface area contributed by atoms with Crippen LogP contribution >= 0.6 is 0 Å². The van der Waals surface area contributed by atoms with Crippen LogP contribution in [0, 0.1) is 6.92 Å². The first-order valence-electron chi connectivity index (χ1n) is 5.62. The molecule has 1 aromatic rings. The molecule has 0 N–H and O–H groups in total. The second kappa shape index (κ2) is 4.96. The molecule has 0 fully saturated rings. The van der Waals surface area contributed by atoms with Crippen molar-refractivity contribution in [3.05, 3.63) is 29.3 Å². The number of fused-ring (bicyclic) bond motifs is 1. The van der Waals surface area contributed by atoms with Gasteiger partial charge in [-0.3, -0.25) is 4.79 Å². The van der Waals surface area contributed by atoms with Crippen molar-refractivity contribution in [2.75, 3.05) is 11.4 Å². The summed E-state index contributed by atoms with van der Waals surface area (Å²) in [5.41, 5.74) is 3.49. The summed E-state index contributed by atoms with van der Waals surface area (Å²) in [6, 6.07) is 6.20. The van der Waals surface area contributed by atoms with Crippen LogP contribution < -0.4 is 4.90 Å². The van der Waals surface area contributed by atoms with Crippen molar-refractivity contribution in [3.63, 3.8) is 0 Å². The third-order valence-corrected chi connectivity index (χ3v) is 2.48. The molecule has 0 aromatic heterocycles. The van der Waals surface area contributed by atoms with Crippen molar-refractivity contribution < 1.29 is 4.79 Å². The van der Waals surface area contributed by atoms with Crippen molar-refractivity contribution in [1.29, 1.82) is 0 Å². The second-order valence-electron chi connectivity index (χ2n) is 3.45. The predicted molar refractivity (Wildman–Crippen MR) is 64.3 cm³/mol. The van der Waals surface area contributed by atoms with Gasteiger partial charge in [-0.2, -0.15) is 0 Å². The standard InChI is InChI=1S/C11H13NO.C2H6/c1-3-12-10-5-4-8(2)6-9(10)7-11(12)13;1-2/h4-6H,3,7H2,1-2H3;1-2H3. The predicted octanol–water partition coefficient (Wildman–Crippen LogP) is 2.93. The minimum Gasteiger partial charge on any atom is -0.312 e. The average molecular weight is 205 g/mol. The number of anilines is 1. The van der Waals surface area contributed by atoms with Crippen LogP contribution in [0.25, 0.3) is 0 Å². The number of aryl methyl sites for hydroxylation is 1. The number of hydrogen-bond donors (Lipinski definition) is 0. The molecule has 2 heteroatoms. The molecule has 0 atom stereocenters. The Morgan fingerprint density at radius 3 is 2.60 bits per heavy atom. The van der Waals surface area contributed by atoms with Crippen LogP contribution in [0.3, 0.4) is 0 Å². The highest BCUT2D eigenvalue weighted by atomic mass is 16.2. The molecular formula is C13H19NO. The summed E-state index contributed by atoms with van der Waals surface area (Å²) in [6.45, 7) is 8.83. The Hall–Kier alpha value is -1.31. The fourth-order valence-corrected chi connectivity index (χ4v) is 1.86. The van der Waals surface area contributed by atoms with Crippen molar-refractivity contribution in [2.24, 2.45) is 0 Å². The molecule has 0 aliphatic carbocycles. The first-order chi connectivity index (χ1) is 7.22. The zero-order valence-corrected chi connectivity index (χ0v) is 10.0. The molecule has 0 saturated carbocycles. The van der Waals surface area contributed by atoms with E-state index in [1.807, 2.05) is 31.7 Å². The van der Waals surface area contributed by atoms with Crippen molar-refractivity contribution >= 4 is 11.6 Å². The van der Waals surface area contributed by atoms with Crippen LogP contribution in [-0.4, -0.2) is 12.5 Å². The van der Waals surface area contributed by atoms with E-state index in [2.05, 4.69) is 19.1 Å². The summed E-state index contributed by atoms with van der Waals surface area (Å²) in [6.07, 6.45) is 0.574. The number of rotatable bonds is 1. The third kappa shape index (κ3) is 2.20. The van der Waals surface area contributed by atoms with Crippen molar-refractivity contribution in [1.82, 2.24) is 0 Å². The molecule has 0 spiro atoms. The summed E-state index contributed by atoms with van der Waals surface area (Å²) < 4.78 is 0. The van der Waals surface area contributed by atoms with Gasteiger partial charge in [-0.05, 0) is 25.5 Å². The number of carbonyl (C=O) groups is 1. The molecule has 1 aliphatic heterocycles. The lowest BCUT2D eigenvalue weighted by Gasteiger charge is -2.14. The maximum Gasteiger partial charge on any atom is 0.231 e. The molecule has 82 valence electrons. The summed E-state index contributed by atoms with van der Waals surface area (Å²) >= 11 is 0. The van der Waals surface area contributed by atoms with Gasteiger partial charge in [0, 0.05) is 12.2 Å². The molecule has 0 unspecified atom stereocenters. The smallest absolute Gasteiger partial charge is 0.231 e. The maximum absolute atomic E-state index is 11.5. The van der Waals surface area contributed by atoms with Crippen LogP contribution in [0.1, 0.15) is 31.9 Å². The number of nitrogens with zero attached hydrogens (tertiary/aromatic N) is 1. The van der Waals surface area contributed by atoms with Gasteiger partial charge in [0.1, 0.15) is 0 Å². The largest absolute Gasteiger partial charge is 0.312 e. The van der Waals surface area contributed by atoms with E-state index >= 15 is 0 Å². The van der Waals surface area contributed by atoms with Crippen LogP contribution in [0.4, 0.5) is 5.69 Å². The van der Waals surface area contributed by atoms with E-state index in [9.17, 15) is 4.79 Å². The first kappa shape index (κ1) is 11.8. The molecular weight excluding hydrogens is 186 g/mol. The Morgan fingerprint density at radius 2 is 2.00 bits per heavy atom. The third-order valence-electron chi connectivity index (χ3n) is 2.48. The van der Waals surface area contributed by atoms with Crippen LogP contribution in [0.15, 0.2) is 18.2 Å². The van der Waals surface area contributed by atoms with Crippen molar-refractivity contribution in [3.8, 4) is 0 Å². The Labute approximate surface area is 91.9 Å². The highest BCUT2D eigenvalue weighted by molar-refractivity contribution is 6.01. The van der Waals surface area contributed by atoms with E-state index < -0.39 is 0 Å². The maximum atomic E-state index is 11.5. The van der Waals surface area contributed by atoms with Crippen molar-refractivity contribution in [2.45, 2.75) is 34.1 Å². The molecule has 2 rings (SSSR count). The van der Waals surface area contributed by atoms with E-state index in [1.54, 1.807) is 0 Å². The Kier molecular flexibility index (Phi) is 3.89. The molecule has 2 nitrogen and oxygen atoms in total. The van der Waals surface area contributed by atoms with Gasteiger partial charge in [0.15, 0.2) is 0 Å². The topological polar surface area (TPSA) is 20.3 Å². The highest BCUT2D eigenvalue weighted by Gasteiger charge is 2.25. The second-order valence-corrected chi connectivity index (χ2v) is 3.45. The molecule has 1 aromatic carbocycles. The monoisotopic (exact) mass is 205 g/mol. The minimum absolute atomic E-state index is 0.225. The SMILES string of the molecule is CC.CCN1C(=O)Cc2cc(C)ccc21. The molecule has 1 aliphatic rings. The fraction of sp³-hybridized carbons (Fsp3) is 0.462. The summed E-state index contributed by atoms with van der Waals surface area (Å²) in [5.74, 6) is 0.225. The molecule has 0 saturated heterocycles. The van der Waals surface area contributed by atoms with E-state index in [0.29, 0.717) is 6.42 Å². The summed E-state index contributed by atoms with van der Waals surface area (Å²) in [4.78, 5) is 13.3. The zero-order valence-electron chi connectivity index (χ0n) is 10.0. The van der Waals surface area contributed by atoms with Gasteiger partial charge < -0.3 is 4.90 Å². The van der Waals surface area contributed by atoms with Crippen LogP contribution in [0.2, 0.25) is 0 Å². The molecule has 15 heavy (non-hydrogen) atoms. The number of hydrogen-bond acceptors (Lipinski definition) is 1. The Bertz CT molecular complexity index is 358. The van der Waals surface area contributed by atoms with E-state index in [1.165, 1.54) is 11.1 Å². The van der Waals surface area contributed by atoms with Crippen LogP contribution in [0.5, 0.6) is 0 Å². The van der Waals surface area contributed by atoms with Gasteiger partial charge in [-0.25, -0.2) is 0 Å². The highest BCUT2D eigenvalue weighted by Crippen LogP contribution is 2.28. The van der Waals surface area contributed by atoms with Gasteiger partial charge in [0.25, 0.3) is 0 Å². The van der Waals surface area contributed by atoms with Gasteiger partial charge in [-0.15, -0.1) is 0 Å².